The van der Waals surface area contributed by atoms with Crippen molar-refractivity contribution < 1.29 is 9.72 Å². The van der Waals surface area contributed by atoms with E-state index in [4.69, 9.17) is 0 Å². The van der Waals surface area contributed by atoms with Crippen molar-refractivity contribution in [3.05, 3.63) is 34.4 Å². The molecule has 0 aliphatic rings. The first-order chi connectivity index (χ1) is 8.56. The molecule has 0 N–H and O–H groups in total. The lowest BCUT2D eigenvalue weighted by Crippen LogP contribution is -2.28. The highest BCUT2D eigenvalue weighted by molar-refractivity contribution is 8.04. The molecule has 1 unspecified atom stereocenters. The highest BCUT2D eigenvalue weighted by Gasteiger charge is 2.28. The van der Waals surface area contributed by atoms with Crippen LogP contribution in [0.15, 0.2) is 29.2 Å². The largest absolute Gasteiger partial charge is 0.302 e. The maximum Gasteiger partial charge on any atom is 0.269 e. The van der Waals surface area contributed by atoms with Gasteiger partial charge in [0.1, 0.15) is 6.29 Å². The Hall–Kier alpha value is -1.01. The van der Waals surface area contributed by atoms with Crippen molar-refractivity contribution in [2.75, 3.05) is 12.0 Å². The van der Waals surface area contributed by atoms with Gasteiger partial charge >= 0.3 is 0 Å². The summed E-state index contributed by atoms with van der Waals surface area (Å²) in [6.45, 7) is 1.98. The summed E-state index contributed by atoms with van der Waals surface area (Å²) in [5, 5.41) is 10.6. The van der Waals surface area contributed by atoms with Crippen LogP contribution in [0.5, 0.6) is 0 Å². The third-order valence-corrected chi connectivity index (χ3v) is 5.00. The predicted molar refractivity (Wildman–Crippen MR) is 76.4 cm³/mol. The lowest BCUT2D eigenvalue weighted by atomic mass is 10.1. The van der Waals surface area contributed by atoms with Gasteiger partial charge in [-0.3, -0.25) is 10.1 Å². The Kier molecular flexibility index (Phi) is 5.68. The fourth-order valence-corrected chi connectivity index (χ4v) is 3.74. The summed E-state index contributed by atoms with van der Waals surface area (Å²) in [6, 6.07) is 6.31. The first-order valence-electron chi connectivity index (χ1n) is 5.45. The van der Waals surface area contributed by atoms with Gasteiger partial charge in [0.2, 0.25) is 0 Å². The molecule has 0 bridgehead atoms. The number of hydrogen-bond acceptors (Lipinski definition) is 5. The molecule has 0 radical (unpaired) electrons. The minimum atomic E-state index is -0.449. The number of rotatable bonds is 7. The van der Waals surface area contributed by atoms with Gasteiger partial charge in [-0.25, -0.2) is 0 Å². The molecule has 98 valence electrons. The number of nitro groups is 1. The number of hydrogen-bond donors (Lipinski definition) is 0. The van der Waals surface area contributed by atoms with Crippen LogP contribution in [0.25, 0.3) is 0 Å². The summed E-state index contributed by atoms with van der Waals surface area (Å²) in [6.07, 6.45) is 3.68. The number of carbonyl (C=O) groups excluding carboxylic acids is 1. The van der Waals surface area contributed by atoms with Crippen LogP contribution >= 0.6 is 23.5 Å². The fourth-order valence-electron chi connectivity index (χ4n) is 1.46. The Balaban J connectivity index is 2.87. The molecule has 1 atom stereocenters. The molecule has 1 aromatic carbocycles. The normalized spacial score (nSPS) is 13.9. The molecular formula is C12H15NO3S2. The third kappa shape index (κ3) is 3.74. The molecule has 0 saturated heterocycles. The van der Waals surface area contributed by atoms with Gasteiger partial charge in [-0.1, -0.05) is 6.92 Å². The average molecular weight is 285 g/mol. The SMILES string of the molecule is CCC(C=O)(CSC)Sc1ccc([N+](=O)[O-])cc1. The van der Waals surface area contributed by atoms with Crippen LogP contribution in [-0.2, 0) is 4.79 Å². The van der Waals surface area contributed by atoms with Crippen LogP contribution in [0.2, 0.25) is 0 Å². The molecule has 18 heavy (non-hydrogen) atoms. The van der Waals surface area contributed by atoms with E-state index in [1.807, 2.05) is 13.2 Å². The van der Waals surface area contributed by atoms with Gasteiger partial charge in [-0.15, -0.1) is 11.8 Å². The monoisotopic (exact) mass is 285 g/mol. The van der Waals surface area contributed by atoms with E-state index in [1.54, 1.807) is 23.9 Å². The van der Waals surface area contributed by atoms with E-state index in [9.17, 15) is 14.9 Å². The summed E-state index contributed by atoms with van der Waals surface area (Å²) in [7, 11) is 0. The van der Waals surface area contributed by atoms with E-state index in [1.165, 1.54) is 23.9 Å². The number of carbonyl (C=O) groups is 1. The molecule has 0 aliphatic heterocycles. The molecule has 0 aromatic heterocycles. The predicted octanol–water partition coefficient (Wildman–Crippen LogP) is 3.40. The highest BCUT2D eigenvalue weighted by Crippen LogP contribution is 2.36. The van der Waals surface area contributed by atoms with E-state index >= 15 is 0 Å². The summed E-state index contributed by atoms with van der Waals surface area (Å²) in [5.41, 5.74) is 0.0671. The molecule has 0 aliphatic carbocycles. The number of non-ortho nitro benzene ring substituents is 1. The van der Waals surface area contributed by atoms with E-state index in [2.05, 4.69) is 0 Å². The minimum absolute atomic E-state index is 0.0671. The summed E-state index contributed by atoms with van der Waals surface area (Å²) < 4.78 is -0.449. The summed E-state index contributed by atoms with van der Waals surface area (Å²) in [4.78, 5) is 22.3. The Labute approximate surface area is 115 Å². The zero-order valence-corrected chi connectivity index (χ0v) is 11.9. The maximum absolute atomic E-state index is 11.3. The Morgan fingerprint density at radius 2 is 2.00 bits per heavy atom. The van der Waals surface area contributed by atoms with Gasteiger partial charge < -0.3 is 4.79 Å². The summed E-state index contributed by atoms with van der Waals surface area (Å²) >= 11 is 3.09. The van der Waals surface area contributed by atoms with Crippen molar-refractivity contribution in [3.63, 3.8) is 0 Å². The highest BCUT2D eigenvalue weighted by atomic mass is 32.2. The topological polar surface area (TPSA) is 60.2 Å². The van der Waals surface area contributed by atoms with E-state index in [0.29, 0.717) is 0 Å². The molecule has 6 heteroatoms. The molecule has 0 spiro atoms. The van der Waals surface area contributed by atoms with E-state index in [0.717, 1.165) is 23.4 Å². The second-order valence-corrected chi connectivity index (χ2v) is 6.18. The maximum atomic E-state index is 11.3. The van der Waals surface area contributed by atoms with Crippen LogP contribution in [0.3, 0.4) is 0 Å². The first-order valence-corrected chi connectivity index (χ1v) is 7.66. The first kappa shape index (κ1) is 15.0. The quantitative estimate of drug-likeness (QED) is 0.332. The van der Waals surface area contributed by atoms with Gasteiger partial charge in [0.15, 0.2) is 0 Å². The molecule has 0 saturated carbocycles. The van der Waals surface area contributed by atoms with Gasteiger partial charge in [0.25, 0.3) is 5.69 Å². The molecule has 0 fully saturated rings. The van der Waals surface area contributed by atoms with Crippen molar-refractivity contribution in [1.29, 1.82) is 0 Å². The van der Waals surface area contributed by atoms with Crippen LogP contribution < -0.4 is 0 Å². The number of nitrogens with zero attached hydrogens (tertiary/aromatic N) is 1. The molecule has 1 rings (SSSR count). The van der Waals surface area contributed by atoms with Crippen molar-refractivity contribution in [1.82, 2.24) is 0 Å². The lowest BCUT2D eigenvalue weighted by molar-refractivity contribution is -0.384. The van der Waals surface area contributed by atoms with Crippen LogP contribution in [-0.4, -0.2) is 28.0 Å². The van der Waals surface area contributed by atoms with Crippen molar-refractivity contribution in [2.45, 2.75) is 23.0 Å². The fraction of sp³-hybridized carbons (Fsp3) is 0.417. The Bertz CT molecular complexity index is 422. The standard InChI is InChI=1S/C12H15NO3S2/c1-3-12(8-14,9-17-2)18-11-6-4-10(5-7-11)13(15)16/h4-8H,3,9H2,1-2H3. The Morgan fingerprint density at radius 1 is 1.39 bits per heavy atom. The van der Waals surface area contributed by atoms with Gasteiger partial charge in [-0.05, 0) is 24.8 Å². The number of nitro benzene ring substituents is 1. The number of benzene rings is 1. The average Bonchev–Trinajstić information content (AvgIpc) is 2.38. The Morgan fingerprint density at radius 3 is 2.39 bits per heavy atom. The lowest BCUT2D eigenvalue weighted by Gasteiger charge is -2.24. The van der Waals surface area contributed by atoms with E-state index < -0.39 is 9.67 Å². The molecule has 1 aromatic rings. The number of thioether (sulfide) groups is 2. The zero-order valence-electron chi connectivity index (χ0n) is 10.3. The molecule has 0 heterocycles. The molecular weight excluding hydrogens is 270 g/mol. The second-order valence-electron chi connectivity index (χ2n) is 3.82. The minimum Gasteiger partial charge on any atom is -0.302 e. The molecule has 4 nitrogen and oxygen atoms in total. The van der Waals surface area contributed by atoms with Crippen LogP contribution in [0, 0.1) is 10.1 Å². The van der Waals surface area contributed by atoms with E-state index in [-0.39, 0.29) is 5.69 Å². The van der Waals surface area contributed by atoms with Crippen molar-refractivity contribution >= 4 is 35.5 Å². The zero-order chi connectivity index (χ0) is 13.6. The third-order valence-electron chi connectivity index (χ3n) is 2.57. The van der Waals surface area contributed by atoms with Gasteiger partial charge in [0, 0.05) is 22.8 Å². The molecule has 0 amide bonds. The van der Waals surface area contributed by atoms with Crippen LogP contribution in [0.4, 0.5) is 5.69 Å². The van der Waals surface area contributed by atoms with Crippen LogP contribution in [0.1, 0.15) is 13.3 Å². The smallest absolute Gasteiger partial charge is 0.269 e. The van der Waals surface area contributed by atoms with Gasteiger partial charge in [-0.2, -0.15) is 11.8 Å². The van der Waals surface area contributed by atoms with Gasteiger partial charge in [0.05, 0.1) is 9.67 Å². The second kappa shape index (κ2) is 6.80. The summed E-state index contributed by atoms with van der Waals surface area (Å²) in [5.74, 6) is 0.731. The number of aldehydes is 1. The van der Waals surface area contributed by atoms with Crippen molar-refractivity contribution in [3.8, 4) is 0 Å². The van der Waals surface area contributed by atoms with Crippen molar-refractivity contribution in [2.24, 2.45) is 0 Å².